The Balaban J connectivity index is 2.05. The number of carboxylic acids is 1. The molecule has 0 saturated heterocycles. The molecule has 0 atom stereocenters. The number of methoxy groups -OCH3 is 1. The lowest BCUT2D eigenvalue weighted by atomic mass is 9.96. The molecule has 3 aromatic carbocycles. The van der Waals surface area contributed by atoms with Crippen molar-refractivity contribution in [1.29, 1.82) is 0 Å². The first-order valence-corrected chi connectivity index (χ1v) is 9.21. The van der Waals surface area contributed by atoms with E-state index in [0.29, 0.717) is 5.56 Å². The van der Waals surface area contributed by atoms with E-state index in [0.717, 1.165) is 27.6 Å². The zero-order valence-electron chi connectivity index (χ0n) is 16.6. The number of carbonyl (C=O) groups excluding carboxylic acids is 1. The third-order valence-electron chi connectivity index (χ3n) is 4.73. The summed E-state index contributed by atoms with van der Waals surface area (Å²) in [6.45, 7) is 2.92. The first kappa shape index (κ1) is 20.1. The van der Waals surface area contributed by atoms with Crippen LogP contribution in [-0.4, -0.2) is 29.6 Å². The van der Waals surface area contributed by atoms with Gasteiger partial charge in [0.05, 0.1) is 7.11 Å². The standard InChI is InChI=1S/C24H23NO4/c1-24(2,23(27)28)25-22(26)21-15-11-17-6-4-5-7-19(17)20(21)14-10-16-8-12-18(29-3)13-9-16/h4-15H,1-3H3,(H,25,26)(H,27,28). The molecule has 0 radical (unpaired) electrons. The van der Waals surface area contributed by atoms with Gasteiger partial charge in [-0.15, -0.1) is 0 Å². The first-order chi connectivity index (χ1) is 13.8. The molecular weight excluding hydrogens is 366 g/mol. The van der Waals surface area contributed by atoms with Crippen molar-refractivity contribution in [2.75, 3.05) is 7.11 Å². The number of hydrogen-bond acceptors (Lipinski definition) is 3. The van der Waals surface area contributed by atoms with Crippen LogP contribution in [0.2, 0.25) is 0 Å². The van der Waals surface area contributed by atoms with E-state index in [2.05, 4.69) is 5.32 Å². The average molecular weight is 389 g/mol. The Kier molecular flexibility index (Phi) is 5.69. The summed E-state index contributed by atoms with van der Waals surface area (Å²) in [6.07, 6.45) is 3.80. The Morgan fingerprint density at radius 3 is 2.31 bits per heavy atom. The lowest BCUT2D eigenvalue weighted by Crippen LogP contribution is -2.49. The SMILES string of the molecule is COc1ccc(C=Cc2c(C(=O)NC(C)(C)C(=O)O)ccc3ccccc23)cc1. The lowest BCUT2D eigenvalue weighted by molar-refractivity contribution is -0.143. The van der Waals surface area contributed by atoms with E-state index in [1.54, 1.807) is 13.2 Å². The topological polar surface area (TPSA) is 75.6 Å². The van der Waals surface area contributed by atoms with Gasteiger partial charge in [0.2, 0.25) is 0 Å². The molecule has 1 amide bonds. The molecule has 0 aliphatic rings. The van der Waals surface area contributed by atoms with Crippen molar-refractivity contribution < 1.29 is 19.4 Å². The van der Waals surface area contributed by atoms with Crippen LogP contribution in [0.1, 0.15) is 35.3 Å². The van der Waals surface area contributed by atoms with E-state index in [4.69, 9.17) is 4.74 Å². The monoisotopic (exact) mass is 389 g/mol. The molecule has 0 aliphatic heterocycles. The zero-order valence-corrected chi connectivity index (χ0v) is 16.6. The Morgan fingerprint density at radius 2 is 1.66 bits per heavy atom. The van der Waals surface area contributed by atoms with E-state index >= 15 is 0 Å². The van der Waals surface area contributed by atoms with Crippen molar-refractivity contribution in [1.82, 2.24) is 5.32 Å². The van der Waals surface area contributed by atoms with Crippen molar-refractivity contribution in [2.24, 2.45) is 0 Å². The Labute approximate surface area is 169 Å². The van der Waals surface area contributed by atoms with E-state index in [1.165, 1.54) is 13.8 Å². The summed E-state index contributed by atoms with van der Waals surface area (Å²) in [7, 11) is 1.62. The quantitative estimate of drug-likeness (QED) is 0.604. The van der Waals surface area contributed by atoms with Crippen LogP contribution in [0.4, 0.5) is 0 Å². The minimum atomic E-state index is -1.38. The fourth-order valence-corrected chi connectivity index (χ4v) is 2.97. The molecule has 0 unspecified atom stereocenters. The first-order valence-electron chi connectivity index (χ1n) is 9.21. The number of ether oxygens (including phenoxy) is 1. The fraction of sp³-hybridized carbons (Fsp3) is 0.167. The Hall–Kier alpha value is -3.60. The van der Waals surface area contributed by atoms with Crippen LogP contribution < -0.4 is 10.1 Å². The van der Waals surface area contributed by atoms with Gasteiger partial charge in [0, 0.05) is 5.56 Å². The van der Waals surface area contributed by atoms with E-state index < -0.39 is 17.4 Å². The predicted octanol–water partition coefficient (Wildman–Crippen LogP) is 4.61. The highest BCUT2D eigenvalue weighted by Crippen LogP contribution is 2.26. The summed E-state index contributed by atoms with van der Waals surface area (Å²) in [4.78, 5) is 24.3. The molecule has 5 nitrogen and oxygen atoms in total. The van der Waals surface area contributed by atoms with Gasteiger partial charge in [-0.05, 0) is 53.9 Å². The molecule has 29 heavy (non-hydrogen) atoms. The number of nitrogens with one attached hydrogen (secondary N) is 1. The smallest absolute Gasteiger partial charge is 0.328 e. The van der Waals surface area contributed by atoms with Gasteiger partial charge in [-0.3, -0.25) is 4.79 Å². The zero-order chi connectivity index (χ0) is 21.0. The molecule has 3 aromatic rings. The highest BCUT2D eigenvalue weighted by Gasteiger charge is 2.30. The second-order valence-corrected chi connectivity index (χ2v) is 7.24. The van der Waals surface area contributed by atoms with Gasteiger partial charge in [0.25, 0.3) is 5.91 Å². The number of rotatable bonds is 6. The Morgan fingerprint density at radius 1 is 0.966 bits per heavy atom. The third kappa shape index (κ3) is 4.46. The molecule has 0 spiro atoms. The van der Waals surface area contributed by atoms with Crippen molar-refractivity contribution in [2.45, 2.75) is 19.4 Å². The number of benzene rings is 3. The second-order valence-electron chi connectivity index (χ2n) is 7.24. The molecule has 2 N–H and O–H groups in total. The molecular formula is C24H23NO4. The number of amides is 1. The highest BCUT2D eigenvalue weighted by atomic mass is 16.5. The molecule has 0 fully saturated rings. The number of carboxylic acid groups (broad SMARTS) is 1. The summed E-state index contributed by atoms with van der Waals surface area (Å²) in [5.74, 6) is -0.761. The summed E-state index contributed by atoms with van der Waals surface area (Å²) in [6, 6.07) is 18.9. The van der Waals surface area contributed by atoms with Crippen LogP contribution in [0.15, 0.2) is 60.7 Å². The van der Waals surface area contributed by atoms with Crippen molar-refractivity contribution in [3.05, 3.63) is 77.4 Å². The molecule has 148 valence electrons. The van der Waals surface area contributed by atoms with Crippen LogP contribution in [0.25, 0.3) is 22.9 Å². The fourth-order valence-electron chi connectivity index (χ4n) is 2.97. The maximum atomic E-state index is 12.9. The van der Waals surface area contributed by atoms with Crippen LogP contribution in [0.5, 0.6) is 5.75 Å². The third-order valence-corrected chi connectivity index (χ3v) is 4.73. The normalized spacial score (nSPS) is 11.6. The Bertz CT molecular complexity index is 1080. The summed E-state index contributed by atoms with van der Waals surface area (Å²) < 4.78 is 5.18. The molecule has 0 heterocycles. The van der Waals surface area contributed by atoms with Crippen LogP contribution in [0, 0.1) is 0 Å². The summed E-state index contributed by atoms with van der Waals surface area (Å²) in [5, 5.41) is 13.8. The number of hydrogen-bond donors (Lipinski definition) is 2. The minimum Gasteiger partial charge on any atom is -0.497 e. The molecule has 0 saturated carbocycles. The van der Waals surface area contributed by atoms with Crippen LogP contribution >= 0.6 is 0 Å². The van der Waals surface area contributed by atoms with Gasteiger partial charge in [-0.1, -0.05) is 54.6 Å². The van der Waals surface area contributed by atoms with Gasteiger partial charge in [-0.2, -0.15) is 0 Å². The molecule has 0 aromatic heterocycles. The van der Waals surface area contributed by atoms with Crippen LogP contribution in [0.3, 0.4) is 0 Å². The number of carbonyl (C=O) groups is 2. The maximum Gasteiger partial charge on any atom is 0.328 e. The minimum absolute atomic E-state index is 0.419. The van der Waals surface area contributed by atoms with Crippen molar-refractivity contribution in [3.8, 4) is 5.75 Å². The van der Waals surface area contributed by atoms with Gasteiger partial charge in [-0.25, -0.2) is 4.79 Å². The number of aliphatic carboxylic acids is 1. The van der Waals surface area contributed by atoms with E-state index in [9.17, 15) is 14.7 Å². The van der Waals surface area contributed by atoms with Gasteiger partial charge in [0.1, 0.15) is 11.3 Å². The van der Waals surface area contributed by atoms with Gasteiger partial charge in [0.15, 0.2) is 0 Å². The lowest BCUT2D eigenvalue weighted by Gasteiger charge is -2.22. The van der Waals surface area contributed by atoms with Crippen molar-refractivity contribution >= 4 is 34.8 Å². The van der Waals surface area contributed by atoms with Gasteiger partial charge < -0.3 is 15.2 Å². The molecule has 0 aliphatic carbocycles. The van der Waals surface area contributed by atoms with E-state index in [-0.39, 0.29) is 0 Å². The van der Waals surface area contributed by atoms with Crippen LogP contribution in [-0.2, 0) is 4.79 Å². The van der Waals surface area contributed by atoms with Crippen molar-refractivity contribution in [3.63, 3.8) is 0 Å². The average Bonchev–Trinajstić information content (AvgIpc) is 2.71. The molecule has 3 rings (SSSR count). The largest absolute Gasteiger partial charge is 0.497 e. The predicted molar refractivity (Wildman–Crippen MR) is 115 cm³/mol. The highest BCUT2D eigenvalue weighted by molar-refractivity contribution is 6.07. The summed E-state index contributed by atoms with van der Waals surface area (Å²) in [5.41, 5.74) is 0.732. The maximum absolute atomic E-state index is 12.9. The number of fused-ring (bicyclic) bond motifs is 1. The van der Waals surface area contributed by atoms with Gasteiger partial charge >= 0.3 is 5.97 Å². The molecule has 5 heteroatoms. The molecule has 0 bridgehead atoms. The second kappa shape index (κ2) is 8.19. The van der Waals surface area contributed by atoms with E-state index in [1.807, 2.05) is 66.7 Å². The summed E-state index contributed by atoms with van der Waals surface area (Å²) >= 11 is 0.